The molecule has 0 saturated heterocycles. The van der Waals surface area contributed by atoms with Crippen molar-refractivity contribution in [1.29, 1.82) is 0 Å². The van der Waals surface area contributed by atoms with E-state index in [-0.39, 0.29) is 18.2 Å². The highest BCUT2D eigenvalue weighted by molar-refractivity contribution is 5.98. The van der Waals surface area contributed by atoms with Crippen molar-refractivity contribution in [3.05, 3.63) is 72.3 Å². The summed E-state index contributed by atoms with van der Waals surface area (Å²) in [6.07, 6.45) is 0.217. The number of para-hydroxylation sites is 2. The smallest absolute Gasteiger partial charge is 0.246 e. The van der Waals surface area contributed by atoms with Crippen LogP contribution in [0.25, 0.3) is 10.8 Å². The Morgan fingerprint density at radius 3 is 2.50 bits per heavy atom. The van der Waals surface area contributed by atoms with Crippen molar-refractivity contribution >= 4 is 28.3 Å². The second kappa shape index (κ2) is 9.04. The van der Waals surface area contributed by atoms with Crippen LogP contribution in [0.15, 0.2) is 66.7 Å². The van der Waals surface area contributed by atoms with E-state index in [1.807, 2.05) is 61.5 Å². The molecule has 3 aromatic rings. The molecule has 0 aliphatic heterocycles. The molecule has 0 aliphatic rings. The van der Waals surface area contributed by atoms with Gasteiger partial charge in [0.25, 0.3) is 0 Å². The van der Waals surface area contributed by atoms with E-state index in [1.54, 1.807) is 19.1 Å². The predicted molar refractivity (Wildman–Crippen MR) is 111 cm³/mol. The molecule has 0 bridgehead atoms. The van der Waals surface area contributed by atoms with E-state index in [2.05, 4.69) is 10.6 Å². The summed E-state index contributed by atoms with van der Waals surface area (Å²) in [5.41, 5.74) is 1.52. The van der Waals surface area contributed by atoms with Crippen molar-refractivity contribution in [1.82, 2.24) is 5.32 Å². The Morgan fingerprint density at radius 1 is 0.964 bits per heavy atom. The first-order valence-corrected chi connectivity index (χ1v) is 9.37. The lowest BCUT2D eigenvalue weighted by atomic mass is 10.0. The van der Waals surface area contributed by atoms with Gasteiger partial charge in [-0.3, -0.25) is 9.59 Å². The zero-order valence-electron chi connectivity index (χ0n) is 16.1. The topological polar surface area (TPSA) is 67.4 Å². The average Bonchev–Trinajstić information content (AvgIpc) is 2.70. The minimum atomic E-state index is -0.669. The van der Waals surface area contributed by atoms with E-state index >= 15 is 0 Å². The van der Waals surface area contributed by atoms with Crippen molar-refractivity contribution in [3.63, 3.8) is 0 Å². The molecule has 3 aromatic carbocycles. The Kier molecular flexibility index (Phi) is 6.27. The third kappa shape index (κ3) is 4.68. The summed E-state index contributed by atoms with van der Waals surface area (Å²) in [6, 6.07) is 20.4. The summed E-state index contributed by atoms with van der Waals surface area (Å²) < 4.78 is 5.52. The summed E-state index contributed by atoms with van der Waals surface area (Å²) in [7, 11) is 0. The van der Waals surface area contributed by atoms with Gasteiger partial charge in [-0.1, -0.05) is 54.6 Å². The van der Waals surface area contributed by atoms with Gasteiger partial charge in [0.2, 0.25) is 11.8 Å². The highest BCUT2D eigenvalue weighted by Gasteiger charge is 2.18. The molecule has 2 N–H and O–H groups in total. The van der Waals surface area contributed by atoms with Crippen LogP contribution in [0.3, 0.4) is 0 Å². The number of rotatable bonds is 7. The van der Waals surface area contributed by atoms with Crippen LogP contribution in [-0.4, -0.2) is 24.5 Å². The number of ether oxygens (including phenoxy) is 1. The van der Waals surface area contributed by atoms with Gasteiger partial charge in [0.15, 0.2) is 0 Å². The van der Waals surface area contributed by atoms with Gasteiger partial charge in [-0.15, -0.1) is 0 Å². The molecule has 0 aliphatic carbocycles. The van der Waals surface area contributed by atoms with E-state index < -0.39 is 6.04 Å². The maximum atomic E-state index is 12.5. The maximum absolute atomic E-state index is 12.5. The van der Waals surface area contributed by atoms with Crippen LogP contribution < -0.4 is 15.4 Å². The first-order valence-electron chi connectivity index (χ1n) is 9.37. The molecule has 0 fully saturated rings. The Hall–Kier alpha value is -3.34. The third-order valence-electron chi connectivity index (χ3n) is 4.45. The number of anilines is 1. The van der Waals surface area contributed by atoms with E-state index in [9.17, 15) is 9.59 Å². The monoisotopic (exact) mass is 376 g/mol. The Labute approximate surface area is 164 Å². The maximum Gasteiger partial charge on any atom is 0.246 e. The molecule has 5 nitrogen and oxygen atoms in total. The van der Waals surface area contributed by atoms with Crippen LogP contribution in [0.1, 0.15) is 19.4 Å². The number of hydrogen-bond acceptors (Lipinski definition) is 3. The zero-order chi connectivity index (χ0) is 19.9. The van der Waals surface area contributed by atoms with Gasteiger partial charge in [-0.05, 0) is 42.3 Å². The van der Waals surface area contributed by atoms with Gasteiger partial charge in [-0.25, -0.2) is 0 Å². The lowest BCUT2D eigenvalue weighted by molar-refractivity contribution is -0.125. The molecule has 0 unspecified atom stereocenters. The van der Waals surface area contributed by atoms with Crippen molar-refractivity contribution in [2.75, 3.05) is 11.9 Å². The van der Waals surface area contributed by atoms with E-state index in [1.165, 1.54) is 0 Å². The van der Waals surface area contributed by atoms with Crippen molar-refractivity contribution < 1.29 is 14.3 Å². The highest BCUT2D eigenvalue weighted by atomic mass is 16.5. The second-order valence-corrected chi connectivity index (χ2v) is 6.52. The standard InChI is InChI=1S/C23H24N2O3/c1-3-28-21-14-7-6-13-20(21)25-23(27)16(2)24-22(26)15-18-11-8-10-17-9-4-5-12-19(17)18/h4-14,16H,3,15H2,1-2H3,(H,24,26)(H,25,27)/t16-/m0/s1. The molecular weight excluding hydrogens is 352 g/mol. The minimum Gasteiger partial charge on any atom is -0.492 e. The number of nitrogens with one attached hydrogen (secondary N) is 2. The second-order valence-electron chi connectivity index (χ2n) is 6.52. The van der Waals surface area contributed by atoms with E-state index in [4.69, 9.17) is 4.74 Å². The molecular formula is C23H24N2O3. The number of carbonyl (C=O) groups excluding carboxylic acids is 2. The normalized spacial score (nSPS) is 11.6. The van der Waals surface area contributed by atoms with Crippen molar-refractivity contribution in [3.8, 4) is 5.75 Å². The van der Waals surface area contributed by atoms with Gasteiger partial charge in [0, 0.05) is 0 Å². The van der Waals surface area contributed by atoms with E-state index in [0.29, 0.717) is 18.0 Å². The lowest BCUT2D eigenvalue weighted by Gasteiger charge is -2.16. The Bertz CT molecular complexity index is 979. The molecule has 0 radical (unpaired) electrons. The molecule has 0 aromatic heterocycles. The van der Waals surface area contributed by atoms with Crippen molar-refractivity contribution in [2.24, 2.45) is 0 Å². The molecule has 28 heavy (non-hydrogen) atoms. The van der Waals surface area contributed by atoms with E-state index in [0.717, 1.165) is 16.3 Å². The van der Waals surface area contributed by atoms with Gasteiger partial charge in [0.1, 0.15) is 11.8 Å². The number of fused-ring (bicyclic) bond motifs is 1. The van der Waals surface area contributed by atoms with Gasteiger partial charge >= 0.3 is 0 Å². The summed E-state index contributed by atoms with van der Waals surface area (Å²) in [5, 5.41) is 7.72. The quantitative estimate of drug-likeness (QED) is 0.657. The summed E-state index contributed by atoms with van der Waals surface area (Å²) in [5.74, 6) is 0.114. The number of carbonyl (C=O) groups is 2. The molecule has 0 saturated carbocycles. The Morgan fingerprint density at radius 2 is 1.68 bits per heavy atom. The first-order chi connectivity index (χ1) is 13.6. The van der Waals surface area contributed by atoms with Crippen LogP contribution in [0.4, 0.5) is 5.69 Å². The van der Waals surface area contributed by atoms with Gasteiger partial charge in [-0.2, -0.15) is 0 Å². The molecule has 5 heteroatoms. The molecule has 1 atom stereocenters. The Balaban J connectivity index is 1.63. The fourth-order valence-corrected chi connectivity index (χ4v) is 3.07. The molecule has 0 heterocycles. The van der Waals surface area contributed by atoms with Crippen LogP contribution in [0, 0.1) is 0 Å². The van der Waals surface area contributed by atoms with Crippen molar-refractivity contribution in [2.45, 2.75) is 26.3 Å². The number of amides is 2. The number of benzene rings is 3. The fourth-order valence-electron chi connectivity index (χ4n) is 3.07. The first kappa shape index (κ1) is 19.4. The molecule has 2 amide bonds. The zero-order valence-corrected chi connectivity index (χ0v) is 16.1. The lowest BCUT2D eigenvalue weighted by Crippen LogP contribution is -2.42. The summed E-state index contributed by atoms with van der Waals surface area (Å²) in [6.45, 7) is 4.05. The minimum absolute atomic E-state index is 0.197. The predicted octanol–water partition coefficient (Wildman–Crippen LogP) is 3.92. The third-order valence-corrected chi connectivity index (χ3v) is 4.45. The average molecular weight is 376 g/mol. The largest absolute Gasteiger partial charge is 0.492 e. The summed E-state index contributed by atoms with van der Waals surface area (Å²) >= 11 is 0. The van der Waals surface area contributed by atoms with Crippen LogP contribution in [0.2, 0.25) is 0 Å². The van der Waals surface area contributed by atoms with Gasteiger partial charge < -0.3 is 15.4 Å². The van der Waals surface area contributed by atoms with Crippen LogP contribution >= 0.6 is 0 Å². The SMILES string of the molecule is CCOc1ccccc1NC(=O)[C@H](C)NC(=O)Cc1cccc2ccccc12. The summed E-state index contributed by atoms with van der Waals surface area (Å²) in [4.78, 5) is 25.0. The molecule has 144 valence electrons. The molecule has 0 spiro atoms. The van der Waals surface area contributed by atoms with Crippen LogP contribution in [-0.2, 0) is 16.0 Å². The van der Waals surface area contributed by atoms with Gasteiger partial charge in [0.05, 0.1) is 18.7 Å². The highest BCUT2D eigenvalue weighted by Crippen LogP contribution is 2.24. The number of hydrogen-bond donors (Lipinski definition) is 2. The molecule has 3 rings (SSSR count). The van der Waals surface area contributed by atoms with Crippen LogP contribution in [0.5, 0.6) is 5.75 Å². The fraction of sp³-hybridized carbons (Fsp3) is 0.217.